The fraction of sp³-hybridized carbons (Fsp3) is 0.600. The van der Waals surface area contributed by atoms with Gasteiger partial charge < -0.3 is 15.5 Å². The maximum absolute atomic E-state index is 11.9. The molecule has 1 aliphatic heterocycles. The quantitative estimate of drug-likeness (QED) is 0.781. The summed E-state index contributed by atoms with van der Waals surface area (Å²) in [5, 5.41) is 5.62. The summed E-state index contributed by atoms with van der Waals surface area (Å²) in [7, 11) is 0. The first-order valence-corrected chi connectivity index (χ1v) is 9.83. The summed E-state index contributed by atoms with van der Waals surface area (Å²) in [6, 6.07) is 10.6. The topological polar surface area (TPSA) is 64.7 Å². The smallest absolute Gasteiger partial charge is 0.309 e. The molecule has 2 fully saturated rings. The van der Waals surface area contributed by atoms with E-state index in [1.165, 1.54) is 12.1 Å². The highest BCUT2D eigenvalue weighted by molar-refractivity contribution is 6.35. The highest BCUT2D eigenvalue weighted by Crippen LogP contribution is 2.17. The Balaban J connectivity index is 1.31. The molecule has 2 amide bonds. The first-order valence-electron chi connectivity index (χ1n) is 9.83. The Morgan fingerprint density at radius 1 is 0.923 bits per heavy atom. The number of carbonyl (C=O) groups is 2. The molecule has 2 aliphatic rings. The van der Waals surface area contributed by atoms with E-state index in [0.29, 0.717) is 6.54 Å². The molecule has 2 N–H and O–H groups in total. The van der Waals surface area contributed by atoms with Crippen LogP contribution in [0.15, 0.2) is 30.3 Å². The van der Waals surface area contributed by atoms with Gasteiger partial charge in [0, 0.05) is 51.0 Å². The number of nitrogens with zero attached hydrogens (tertiary/aromatic N) is 2. The van der Waals surface area contributed by atoms with Gasteiger partial charge in [-0.3, -0.25) is 14.5 Å². The lowest BCUT2D eigenvalue weighted by Gasteiger charge is -2.36. The third-order valence-electron chi connectivity index (χ3n) is 5.35. The van der Waals surface area contributed by atoms with Gasteiger partial charge >= 0.3 is 11.8 Å². The second kappa shape index (κ2) is 9.57. The number of amides is 2. The Morgan fingerprint density at radius 2 is 1.62 bits per heavy atom. The Kier molecular flexibility index (Phi) is 6.89. The molecule has 0 spiro atoms. The van der Waals surface area contributed by atoms with E-state index in [1.54, 1.807) is 0 Å². The van der Waals surface area contributed by atoms with Gasteiger partial charge in [-0.1, -0.05) is 37.5 Å². The van der Waals surface area contributed by atoms with E-state index in [0.717, 1.165) is 58.4 Å². The number of piperazine rings is 1. The summed E-state index contributed by atoms with van der Waals surface area (Å²) in [5.74, 6) is -0.982. The van der Waals surface area contributed by atoms with Crippen molar-refractivity contribution in [3.63, 3.8) is 0 Å². The normalized spacial score (nSPS) is 19.2. The number of para-hydroxylation sites is 1. The second-order valence-electron chi connectivity index (χ2n) is 7.23. The molecular weight excluding hydrogens is 328 g/mol. The van der Waals surface area contributed by atoms with Crippen molar-refractivity contribution >= 4 is 17.5 Å². The summed E-state index contributed by atoms with van der Waals surface area (Å²) < 4.78 is 0. The van der Waals surface area contributed by atoms with Crippen LogP contribution in [0.2, 0.25) is 0 Å². The molecule has 1 saturated heterocycles. The van der Waals surface area contributed by atoms with Gasteiger partial charge in [0.25, 0.3) is 0 Å². The highest BCUT2D eigenvalue weighted by atomic mass is 16.2. The number of hydrogen-bond acceptors (Lipinski definition) is 4. The van der Waals surface area contributed by atoms with Crippen molar-refractivity contribution in [3.05, 3.63) is 30.3 Å². The van der Waals surface area contributed by atoms with Gasteiger partial charge in [0.05, 0.1) is 0 Å². The number of hydrogen-bond donors (Lipinski definition) is 2. The molecule has 1 aliphatic carbocycles. The molecule has 6 nitrogen and oxygen atoms in total. The van der Waals surface area contributed by atoms with Crippen molar-refractivity contribution in [2.24, 2.45) is 0 Å². The summed E-state index contributed by atoms with van der Waals surface area (Å²) >= 11 is 0. The SMILES string of the molecule is O=C(NCCN1CCN(c2ccccc2)CC1)C(=O)NC1CCCCC1. The monoisotopic (exact) mass is 358 g/mol. The molecule has 3 rings (SSSR count). The van der Waals surface area contributed by atoms with Gasteiger partial charge in [0.1, 0.15) is 0 Å². The van der Waals surface area contributed by atoms with Gasteiger partial charge in [0.2, 0.25) is 0 Å². The number of anilines is 1. The molecule has 0 bridgehead atoms. The highest BCUT2D eigenvalue weighted by Gasteiger charge is 2.21. The zero-order valence-electron chi connectivity index (χ0n) is 15.5. The molecule has 0 atom stereocenters. The number of benzene rings is 1. The van der Waals surface area contributed by atoms with Gasteiger partial charge in [-0.05, 0) is 25.0 Å². The van der Waals surface area contributed by atoms with Crippen LogP contribution in [0.5, 0.6) is 0 Å². The molecule has 1 aromatic rings. The van der Waals surface area contributed by atoms with E-state index in [4.69, 9.17) is 0 Å². The van der Waals surface area contributed by atoms with Crippen LogP contribution in [0.4, 0.5) is 5.69 Å². The molecule has 6 heteroatoms. The van der Waals surface area contributed by atoms with E-state index in [2.05, 4.69) is 44.7 Å². The maximum atomic E-state index is 11.9. The molecule has 0 aromatic heterocycles. The van der Waals surface area contributed by atoms with E-state index in [9.17, 15) is 9.59 Å². The molecule has 1 saturated carbocycles. The van der Waals surface area contributed by atoms with E-state index in [-0.39, 0.29) is 6.04 Å². The van der Waals surface area contributed by atoms with Crippen molar-refractivity contribution in [3.8, 4) is 0 Å². The lowest BCUT2D eigenvalue weighted by Crippen LogP contribution is -2.50. The van der Waals surface area contributed by atoms with Crippen LogP contribution in [-0.4, -0.2) is 62.0 Å². The van der Waals surface area contributed by atoms with Crippen LogP contribution in [0.1, 0.15) is 32.1 Å². The Hall–Kier alpha value is -2.08. The van der Waals surface area contributed by atoms with Gasteiger partial charge in [-0.25, -0.2) is 0 Å². The van der Waals surface area contributed by atoms with Gasteiger partial charge in [-0.15, -0.1) is 0 Å². The summed E-state index contributed by atoms with van der Waals surface area (Å²) in [6.07, 6.45) is 5.49. The van der Waals surface area contributed by atoms with Crippen LogP contribution in [-0.2, 0) is 9.59 Å². The third kappa shape index (κ3) is 5.46. The zero-order valence-corrected chi connectivity index (χ0v) is 15.5. The minimum Gasteiger partial charge on any atom is -0.369 e. The van der Waals surface area contributed by atoms with Crippen molar-refractivity contribution in [2.75, 3.05) is 44.2 Å². The molecule has 26 heavy (non-hydrogen) atoms. The number of rotatable bonds is 5. The fourth-order valence-electron chi connectivity index (χ4n) is 3.77. The lowest BCUT2D eigenvalue weighted by molar-refractivity contribution is -0.139. The molecule has 0 unspecified atom stereocenters. The van der Waals surface area contributed by atoms with Crippen molar-refractivity contribution in [1.82, 2.24) is 15.5 Å². The second-order valence-corrected chi connectivity index (χ2v) is 7.23. The summed E-state index contributed by atoms with van der Waals surface area (Å²) in [6.45, 7) is 5.21. The first-order chi connectivity index (χ1) is 12.7. The minimum absolute atomic E-state index is 0.174. The largest absolute Gasteiger partial charge is 0.369 e. The van der Waals surface area contributed by atoms with Gasteiger partial charge in [-0.2, -0.15) is 0 Å². The zero-order chi connectivity index (χ0) is 18.2. The Morgan fingerprint density at radius 3 is 2.31 bits per heavy atom. The van der Waals surface area contributed by atoms with Crippen LogP contribution < -0.4 is 15.5 Å². The molecule has 142 valence electrons. The van der Waals surface area contributed by atoms with E-state index >= 15 is 0 Å². The van der Waals surface area contributed by atoms with Crippen LogP contribution in [0.3, 0.4) is 0 Å². The molecule has 0 radical (unpaired) electrons. The predicted molar refractivity (Wildman–Crippen MR) is 103 cm³/mol. The van der Waals surface area contributed by atoms with Crippen LogP contribution >= 0.6 is 0 Å². The van der Waals surface area contributed by atoms with Crippen molar-refractivity contribution in [1.29, 1.82) is 0 Å². The Labute approximate surface area is 155 Å². The average Bonchev–Trinajstić information content (AvgIpc) is 2.70. The maximum Gasteiger partial charge on any atom is 0.309 e. The van der Waals surface area contributed by atoms with Crippen LogP contribution in [0.25, 0.3) is 0 Å². The minimum atomic E-state index is -0.501. The number of nitrogens with one attached hydrogen (secondary N) is 2. The molecule has 1 aromatic carbocycles. The summed E-state index contributed by atoms with van der Waals surface area (Å²) in [5.41, 5.74) is 1.26. The Bertz CT molecular complexity index is 579. The third-order valence-corrected chi connectivity index (χ3v) is 5.35. The lowest BCUT2D eigenvalue weighted by atomic mass is 9.95. The fourth-order valence-corrected chi connectivity index (χ4v) is 3.77. The standard InChI is InChI=1S/C20H30N4O2/c25-19(20(26)22-17-7-3-1-4-8-17)21-11-12-23-13-15-24(16-14-23)18-9-5-2-6-10-18/h2,5-6,9-10,17H,1,3-4,7-8,11-16H2,(H,21,25)(H,22,26). The molecule has 1 heterocycles. The van der Waals surface area contributed by atoms with Crippen molar-refractivity contribution < 1.29 is 9.59 Å². The van der Waals surface area contributed by atoms with E-state index in [1.807, 2.05) is 6.07 Å². The van der Waals surface area contributed by atoms with E-state index < -0.39 is 11.8 Å². The van der Waals surface area contributed by atoms with Crippen LogP contribution in [0, 0.1) is 0 Å². The number of carbonyl (C=O) groups excluding carboxylic acids is 2. The first kappa shape index (κ1) is 18.7. The van der Waals surface area contributed by atoms with Gasteiger partial charge in [0.15, 0.2) is 0 Å². The average molecular weight is 358 g/mol. The van der Waals surface area contributed by atoms with Crippen molar-refractivity contribution in [2.45, 2.75) is 38.1 Å². The summed E-state index contributed by atoms with van der Waals surface area (Å²) in [4.78, 5) is 28.6. The predicted octanol–water partition coefficient (Wildman–Crippen LogP) is 1.37. The molecular formula is C20H30N4O2.